The molecule has 1 heterocycles. The topological polar surface area (TPSA) is 126 Å². The van der Waals surface area contributed by atoms with Gasteiger partial charge < -0.3 is 10.6 Å². The first kappa shape index (κ1) is 17.9. The summed E-state index contributed by atoms with van der Waals surface area (Å²) in [6.45, 7) is 0. The Morgan fingerprint density at radius 1 is 1.36 bits per heavy atom. The predicted molar refractivity (Wildman–Crippen MR) is 77.4 cm³/mol. The third-order valence-electron chi connectivity index (χ3n) is 2.98. The van der Waals surface area contributed by atoms with Gasteiger partial charge in [-0.3, -0.25) is 14.8 Å². The number of hydrogen-bond acceptors (Lipinski definition) is 6. The maximum atomic E-state index is 12.5. The highest BCUT2D eigenvalue weighted by atomic mass is 19.4. The Kier molecular flexibility index (Phi) is 4.72. The SMILES string of the molecule is Cn1nc(C(F)(F)F)cc1C(=O)O/N=C(\N)c1ccc([N+](=O)[O-])cc1. The number of nitro groups is 1. The van der Waals surface area contributed by atoms with Gasteiger partial charge in [0.05, 0.1) is 4.92 Å². The molecule has 132 valence electrons. The van der Waals surface area contributed by atoms with E-state index in [1.54, 1.807) is 0 Å². The Labute approximate surface area is 137 Å². The van der Waals surface area contributed by atoms with Crippen molar-refractivity contribution in [2.75, 3.05) is 0 Å². The molecule has 0 aliphatic carbocycles. The van der Waals surface area contributed by atoms with Crippen molar-refractivity contribution in [2.45, 2.75) is 6.18 Å². The molecule has 1 aromatic carbocycles. The van der Waals surface area contributed by atoms with Gasteiger partial charge in [-0.15, -0.1) is 0 Å². The number of nitrogens with two attached hydrogens (primary N) is 1. The van der Waals surface area contributed by atoms with E-state index in [4.69, 9.17) is 5.73 Å². The van der Waals surface area contributed by atoms with Gasteiger partial charge in [-0.1, -0.05) is 5.16 Å². The number of oxime groups is 1. The molecule has 25 heavy (non-hydrogen) atoms. The number of nitrogens with zero attached hydrogens (tertiary/aromatic N) is 4. The zero-order valence-corrected chi connectivity index (χ0v) is 12.5. The van der Waals surface area contributed by atoms with Crippen LogP contribution in [0.3, 0.4) is 0 Å². The minimum atomic E-state index is -4.71. The number of non-ortho nitro benzene ring substituents is 1. The van der Waals surface area contributed by atoms with Gasteiger partial charge in [0.2, 0.25) is 0 Å². The van der Waals surface area contributed by atoms with Gasteiger partial charge in [0.15, 0.2) is 11.5 Å². The zero-order valence-electron chi connectivity index (χ0n) is 12.5. The Morgan fingerprint density at radius 3 is 2.44 bits per heavy atom. The second kappa shape index (κ2) is 6.59. The quantitative estimate of drug-likeness (QED) is 0.292. The van der Waals surface area contributed by atoms with Crippen LogP contribution < -0.4 is 5.73 Å². The number of alkyl halides is 3. The van der Waals surface area contributed by atoms with Gasteiger partial charge in [0.25, 0.3) is 5.69 Å². The first-order valence-corrected chi connectivity index (χ1v) is 6.50. The van der Waals surface area contributed by atoms with Crippen molar-refractivity contribution in [3.05, 3.63) is 57.4 Å². The lowest BCUT2D eigenvalue weighted by atomic mass is 10.2. The molecule has 0 atom stereocenters. The molecule has 12 heteroatoms. The number of nitro benzene ring substituents is 1. The van der Waals surface area contributed by atoms with Crippen LogP contribution in [0.5, 0.6) is 0 Å². The molecule has 0 bridgehead atoms. The largest absolute Gasteiger partial charge is 0.435 e. The number of amidine groups is 1. The molecule has 0 aliphatic rings. The zero-order chi connectivity index (χ0) is 18.8. The highest BCUT2D eigenvalue weighted by molar-refractivity contribution is 5.98. The molecule has 1 aromatic heterocycles. The smallest absolute Gasteiger partial charge is 0.380 e. The van der Waals surface area contributed by atoms with Crippen LogP contribution in [-0.2, 0) is 18.1 Å². The number of aromatic nitrogens is 2. The fourth-order valence-electron chi connectivity index (χ4n) is 1.74. The van der Waals surface area contributed by atoms with Gasteiger partial charge in [-0.05, 0) is 12.1 Å². The van der Waals surface area contributed by atoms with Crippen LogP contribution in [0.2, 0.25) is 0 Å². The lowest BCUT2D eigenvalue weighted by Gasteiger charge is -2.01. The Hall–Kier alpha value is -3.44. The molecule has 2 aromatic rings. The summed E-state index contributed by atoms with van der Waals surface area (Å²) in [6.07, 6.45) is -4.71. The third kappa shape index (κ3) is 4.10. The van der Waals surface area contributed by atoms with Gasteiger partial charge >= 0.3 is 12.1 Å². The molecule has 0 saturated heterocycles. The van der Waals surface area contributed by atoms with E-state index in [0.29, 0.717) is 10.7 Å². The molecule has 2 rings (SSSR count). The van der Waals surface area contributed by atoms with Gasteiger partial charge in [-0.25, -0.2) is 4.79 Å². The molecule has 0 spiro atoms. The number of hydrogen-bond donors (Lipinski definition) is 1. The number of benzene rings is 1. The average Bonchev–Trinajstić information content (AvgIpc) is 2.94. The summed E-state index contributed by atoms with van der Waals surface area (Å²) in [5.41, 5.74) is 3.87. The number of halogens is 3. The van der Waals surface area contributed by atoms with Crippen LogP contribution in [0, 0.1) is 10.1 Å². The summed E-state index contributed by atoms with van der Waals surface area (Å²) in [6, 6.07) is 5.39. The third-order valence-corrected chi connectivity index (χ3v) is 2.98. The summed E-state index contributed by atoms with van der Waals surface area (Å²) in [4.78, 5) is 26.2. The fourth-order valence-corrected chi connectivity index (χ4v) is 1.74. The average molecular weight is 357 g/mol. The van der Waals surface area contributed by atoms with Crippen molar-refractivity contribution >= 4 is 17.5 Å². The van der Waals surface area contributed by atoms with Gasteiger partial charge in [0, 0.05) is 30.8 Å². The second-order valence-corrected chi connectivity index (χ2v) is 4.70. The van der Waals surface area contributed by atoms with Crippen molar-refractivity contribution in [2.24, 2.45) is 17.9 Å². The van der Waals surface area contributed by atoms with Crippen molar-refractivity contribution in [3.8, 4) is 0 Å². The minimum Gasteiger partial charge on any atom is -0.380 e. The van der Waals surface area contributed by atoms with Crippen LogP contribution in [0.25, 0.3) is 0 Å². The van der Waals surface area contributed by atoms with Crippen molar-refractivity contribution in [1.82, 2.24) is 9.78 Å². The van der Waals surface area contributed by atoms with E-state index < -0.39 is 28.5 Å². The van der Waals surface area contributed by atoms with E-state index in [0.717, 1.165) is 19.2 Å². The maximum Gasteiger partial charge on any atom is 0.435 e. The normalized spacial score (nSPS) is 12.1. The van der Waals surface area contributed by atoms with Crippen molar-refractivity contribution < 1.29 is 27.7 Å². The van der Waals surface area contributed by atoms with E-state index in [9.17, 15) is 28.1 Å². The van der Waals surface area contributed by atoms with Gasteiger partial charge in [0.1, 0.15) is 5.69 Å². The summed E-state index contributed by atoms with van der Waals surface area (Å²) in [7, 11) is 1.13. The Morgan fingerprint density at radius 2 is 1.96 bits per heavy atom. The lowest BCUT2D eigenvalue weighted by Crippen LogP contribution is -2.16. The van der Waals surface area contributed by atoms with Gasteiger partial charge in [-0.2, -0.15) is 18.3 Å². The van der Waals surface area contributed by atoms with E-state index in [1.807, 2.05) is 0 Å². The summed E-state index contributed by atoms with van der Waals surface area (Å²) in [5, 5.41) is 17.0. The second-order valence-electron chi connectivity index (χ2n) is 4.70. The van der Waals surface area contributed by atoms with Crippen molar-refractivity contribution in [1.29, 1.82) is 0 Å². The monoisotopic (exact) mass is 357 g/mol. The van der Waals surface area contributed by atoms with Crippen LogP contribution in [0.1, 0.15) is 21.7 Å². The van der Waals surface area contributed by atoms with Crippen molar-refractivity contribution in [3.63, 3.8) is 0 Å². The first-order chi connectivity index (χ1) is 11.6. The molecular weight excluding hydrogens is 347 g/mol. The first-order valence-electron chi connectivity index (χ1n) is 6.50. The summed E-state index contributed by atoms with van der Waals surface area (Å²) < 4.78 is 38.3. The molecule has 9 nitrogen and oxygen atoms in total. The van der Waals surface area contributed by atoms with Crippen LogP contribution >= 0.6 is 0 Å². The number of rotatable bonds is 4. The molecule has 0 saturated carbocycles. The molecule has 0 radical (unpaired) electrons. The standard InChI is InChI=1S/C13H10F3N5O4/c1-20-9(6-10(18-20)13(14,15)16)12(22)25-19-11(17)7-2-4-8(5-3-7)21(23)24/h2-6H,1H3,(H2,17,19). The number of aryl methyl sites for hydroxylation is 1. The molecular formula is C13H10F3N5O4. The molecule has 0 aliphatic heterocycles. The maximum absolute atomic E-state index is 12.5. The lowest BCUT2D eigenvalue weighted by molar-refractivity contribution is -0.384. The molecule has 0 unspecified atom stereocenters. The van der Waals surface area contributed by atoms with E-state index in [2.05, 4.69) is 15.1 Å². The fraction of sp³-hybridized carbons (Fsp3) is 0.154. The van der Waals surface area contributed by atoms with E-state index in [1.165, 1.54) is 12.1 Å². The molecule has 2 N–H and O–H groups in total. The van der Waals surface area contributed by atoms with E-state index >= 15 is 0 Å². The minimum absolute atomic E-state index is 0.178. The highest BCUT2D eigenvalue weighted by Crippen LogP contribution is 2.28. The highest BCUT2D eigenvalue weighted by Gasteiger charge is 2.35. The Balaban J connectivity index is 2.14. The van der Waals surface area contributed by atoms with E-state index in [-0.39, 0.29) is 17.1 Å². The van der Waals surface area contributed by atoms with Crippen LogP contribution in [0.4, 0.5) is 18.9 Å². The predicted octanol–water partition coefficient (Wildman–Crippen LogP) is 1.82. The number of carbonyl (C=O) groups is 1. The van der Waals surface area contributed by atoms with Crippen LogP contribution in [0.15, 0.2) is 35.5 Å². The number of carbonyl (C=O) groups excluding carboxylic acids is 1. The Bertz CT molecular complexity index is 842. The molecule has 0 fully saturated rings. The summed E-state index contributed by atoms with van der Waals surface area (Å²) in [5.74, 6) is -1.49. The van der Waals surface area contributed by atoms with Crippen LogP contribution in [-0.4, -0.2) is 26.5 Å². The summed E-state index contributed by atoms with van der Waals surface area (Å²) >= 11 is 0. The molecule has 0 amide bonds.